The average Bonchev–Trinajstić information content (AvgIpc) is 2.44. The highest BCUT2D eigenvalue weighted by Gasteiger charge is 2.21. The lowest BCUT2D eigenvalue weighted by Crippen LogP contribution is -2.32. The molecule has 2 aromatic rings. The van der Waals surface area contributed by atoms with E-state index in [4.69, 9.17) is 0 Å². The molecule has 0 spiro atoms. The smallest absolute Gasteiger partial charge is 0.264 e. The molecule has 0 aliphatic heterocycles. The number of carbonyl (C=O) groups is 1. The molecule has 0 aromatic heterocycles. The van der Waals surface area contributed by atoms with Gasteiger partial charge in [-0.15, -0.1) is 0 Å². The van der Waals surface area contributed by atoms with Crippen LogP contribution in [-0.2, 0) is 21.2 Å². The van der Waals surface area contributed by atoms with Crippen LogP contribution >= 0.6 is 0 Å². The van der Waals surface area contributed by atoms with Gasteiger partial charge in [-0.2, -0.15) is 0 Å². The summed E-state index contributed by atoms with van der Waals surface area (Å²) in [6, 6.07) is 6.80. The first-order valence-corrected chi connectivity index (χ1v) is 7.93. The van der Waals surface area contributed by atoms with Crippen LogP contribution in [-0.4, -0.2) is 14.3 Å². The van der Waals surface area contributed by atoms with Gasteiger partial charge in [0.25, 0.3) is 10.0 Å². The Balaban J connectivity index is 2.20. The second kappa shape index (κ2) is 6.41. The lowest BCUT2D eigenvalue weighted by atomic mass is 10.1. The van der Waals surface area contributed by atoms with Crippen LogP contribution in [0.4, 0.5) is 13.2 Å². The first-order chi connectivity index (χ1) is 10.7. The molecule has 2 rings (SSSR count). The summed E-state index contributed by atoms with van der Waals surface area (Å²) in [5, 5.41) is 0. The molecule has 0 aliphatic rings. The Morgan fingerprint density at radius 3 is 2.30 bits per heavy atom. The van der Waals surface area contributed by atoms with E-state index in [9.17, 15) is 26.4 Å². The molecule has 0 saturated carbocycles. The van der Waals surface area contributed by atoms with Crippen LogP contribution in [0, 0.1) is 24.4 Å². The lowest BCUT2D eigenvalue weighted by molar-refractivity contribution is -0.118. The van der Waals surface area contributed by atoms with Crippen LogP contribution in [0.25, 0.3) is 0 Å². The van der Waals surface area contributed by atoms with Gasteiger partial charge in [0.1, 0.15) is 5.82 Å². The van der Waals surface area contributed by atoms with Gasteiger partial charge in [-0.3, -0.25) is 4.79 Å². The average molecular weight is 343 g/mol. The molecule has 8 heteroatoms. The van der Waals surface area contributed by atoms with Crippen molar-refractivity contribution < 1.29 is 26.4 Å². The predicted molar refractivity (Wildman–Crippen MR) is 76.5 cm³/mol. The van der Waals surface area contributed by atoms with E-state index in [1.807, 2.05) is 0 Å². The number of hydrogen-bond donors (Lipinski definition) is 1. The van der Waals surface area contributed by atoms with E-state index in [0.717, 1.165) is 0 Å². The number of aryl methyl sites for hydroxylation is 1. The quantitative estimate of drug-likeness (QED) is 0.868. The summed E-state index contributed by atoms with van der Waals surface area (Å²) in [4.78, 5) is 11.7. The third kappa shape index (κ3) is 3.89. The fourth-order valence-corrected chi connectivity index (χ4v) is 3.20. The number of halogens is 3. The minimum Gasteiger partial charge on any atom is -0.274 e. The number of sulfonamides is 1. The van der Waals surface area contributed by atoms with Crippen molar-refractivity contribution >= 4 is 15.9 Å². The number of benzene rings is 2. The summed E-state index contributed by atoms with van der Waals surface area (Å²) in [6.07, 6.45) is -0.742. The molecular weight excluding hydrogens is 331 g/mol. The molecule has 0 atom stereocenters. The normalized spacial score (nSPS) is 11.3. The fraction of sp³-hybridized carbons (Fsp3) is 0.133. The highest BCUT2D eigenvalue weighted by Crippen LogP contribution is 2.16. The monoisotopic (exact) mass is 343 g/mol. The molecule has 0 fully saturated rings. The molecular formula is C15H12F3NO3S. The number of amides is 1. The van der Waals surface area contributed by atoms with Crippen molar-refractivity contribution in [3.05, 3.63) is 65.0 Å². The summed E-state index contributed by atoms with van der Waals surface area (Å²) in [5.74, 6) is -4.90. The molecule has 23 heavy (non-hydrogen) atoms. The zero-order valence-corrected chi connectivity index (χ0v) is 12.8. The standard InChI is InChI=1S/C15H12F3NO3S/c1-9-4-2-3-5-14(9)23(21,22)19-15(20)7-10-6-12(17)13(18)8-11(10)16/h2-6,8H,7H2,1H3,(H,19,20). The van der Waals surface area contributed by atoms with Crippen molar-refractivity contribution in [2.45, 2.75) is 18.2 Å². The Bertz CT molecular complexity index is 866. The van der Waals surface area contributed by atoms with E-state index in [1.54, 1.807) is 23.8 Å². The fourth-order valence-electron chi connectivity index (χ4n) is 1.97. The van der Waals surface area contributed by atoms with Crippen LogP contribution in [0.1, 0.15) is 11.1 Å². The second-order valence-corrected chi connectivity index (χ2v) is 6.48. The SMILES string of the molecule is Cc1ccccc1S(=O)(=O)NC(=O)Cc1cc(F)c(F)cc1F. The van der Waals surface area contributed by atoms with Crippen molar-refractivity contribution in [1.29, 1.82) is 0 Å². The van der Waals surface area contributed by atoms with Crippen molar-refractivity contribution in [3.8, 4) is 0 Å². The molecule has 1 N–H and O–H groups in total. The first kappa shape index (κ1) is 17.0. The van der Waals surface area contributed by atoms with Crippen LogP contribution in [0.5, 0.6) is 0 Å². The number of rotatable bonds is 4. The summed E-state index contributed by atoms with van der Waals surface area (Å²) >= 11 is 0. The summed E-state index contributed by atoms with van der Waals surface area (Å²) < 4.78 is 65.3. The van der Waals surface area contributed by atoms with E-state index < -0.39 is 45.4 Å². The molecule has 1 amide bonds. The van der Waals surface area contributed by atoms with Gasteiger partial charge in [0.15, 0.2) is 11.6 Å². The number of nitrogens with one attached hydrogen (secondary N) is 1. The highest BCUT2D eigenvalue weighted by atomic mass is 32.2. The van der Waals surface area contributed by atoms with Crippen molar-refractivity contribution in [1.82, 2.24) is 4.72 Å². The third-order valence-electron chi connectivity index (χ3n) is 3.07. The van der Waals surface area contributed by atoms with E-state index in [-0.39, 0.29) is 4.90 Å². The molecule has 0 aliphatic carbocycles. The van der Waals surface area contributed by atoms with Crippen molar-refractivity contribution in [2.24, 2.45) is 0 Å². The van der Waals surface area contributed by atoms with Gasteiger partial charge >= 0.3 is 0 Å². The summed E-state index contributed by atoms with van der Waals surface area (Å²) in [6.45, 7) is 1.55. The van der Waals surface area contributed by atoms with E-state index in [1.165, 1.54) is 12.1 Å². The Labute approximate surface area is 131 Å². The zero-order valence-electron chi connectivity index (χ0n) is 11.9. The minimum absolute atomic E-state index is 0.0980. The summed E-state index contributed by atoms with van der Waals surface area (Å²) in [5.41, 5.74) is -0.0202. The van der Waals surface area contributed by atoms with Crippen LogP contribution in [0.2, 0.25) is 0 Å². The molecule has 4 nitrogen and oxygen atoms in total. The Morgan fingerprint density at radius 1 is 1.04 bits per heavy atom. The van der Waals surface area contributed by atoms with Crippen LogP contribution in [0.15, 0.2) is 41.3 Å². The van der Waals surface area contributed by atoms with Crippen LogP contribution in [0.3, 0.4) is 0 Å². The molecule has 0 radical (unpaired) electrons. The number of carbonyl (C=O) groups excluding carboxylic acids is 1. The molecule has 122 valence electrons. The predicted octanol–water partition coefficient (Wildman–Crippen LogP) is 2.46. The lowest BCUT2D eigenvalue weighted by Gasteiger charge is -2.09. The van der Waals surface area contributed by atoms with E-state index in [2.05, 4.69) is 0 Å². The Kier molecular flexibility index (Phi) is 4.74. The van der Waals surface area contributed by atoms with Gasteiger partial charge in [-0.1, -0.05) is 18.2 Å². The largest absolute Gasteiger partial charge is 0.274 e. The minimum atomic E-state index is -4.13. The topological polar surface area (TPSA) is 63.2 Å². The van der Waals surface area contributed by atoms with E-state index >= 15 is 0 Å². The Morgan fingerprint density at radius 2 is 1.65 bits per heavy atom. The highest BCUT2D eigenvalue weighted by molar-refractivity contribution is 7.90. The Hall–Kier alpha value is -2.35. The molecule has 0 bridgehead atoms. The van der Waals surface area contributed by atoms with Gasteiger partial charge in [0.05, 0.1) is 11.3 Å². The third-order valence-corrected chi connectivity index (χ3v) is 4.61. The molecule has 0 heterocycles. The molecule has 2 aromatic carbocycles. The van der Waals surface area contributed by atoms with Gasteiger partial charge in [-0.05, 0) is 24.6 Å². The molecule has 0 unspecified atom stereocenters. The van der Waals surface area contributed by atoms with Crippen LogP contribution < -0.4 is 4.72 Å². The first-order valence-electron chi connectivity index (χ1n) is 6.45. The maximum Gasteiger partial charge on any atom is 0.264 e. The van der Waals surface area contributed by atoms with Gasteiger partial charge in [0, 0.05) is 11.6 Å². The van der Waals surface area contributed by atoms with Gasteiger partial charge in [-0.25, -0.2) is 26.3 Å². The zero-order chi connectivity index (χ0) is 17.2. The van der Waals surface area contributed by atoms with Gasteiger partial charge < -0.3 is 0 Å². The maximum absolute atomic E-state index is 13.5. The molecule has 0 saturated heterocycles. The van der Waals surface area contributed by atoms with Crippen molar-refractivity contribution in [2.75, 3.05) is 0 Å². The second-order valence-electron chi connectivity index (χ2n) is 4.83. The van der Waals surface area contributed by atoms with Gasteiger partial charge in [0.2, 0.25) is 5.91 Å². The van der Waals surface area contributed by atoms with E-state index in [0.29, 0.717) is 17.7 Å². The summed E-state index contributed by atoms with van der Waals surface area (Å²) in [7, 11) is -4.13. The van der Waals surface area contributed by atoms with Crippen molar-refractivity contribution in [3.63, 3.8) is 0 Å². The number of hydrogen-bond acceptors (Lipinski definition) is 3. The maximum atomic E-state index is 13.5.